The topological polar surface area (TPSA) is 84.5 Å². The number of benzene rings is 1. The molecule has 2 N–H and O–H groups in total. The van der Waals surface area contributed by atoms with Gasteiger partial charge in [-0.1, -0.05) is 24.6 Å². The number of esters is 1. The fraction of sp³-hybridized carbons (Fsp3) is 0.350. The largest absolute Gasteiger partial charge is 0.465 e. The Hall–Kier alpha value is -2.67. The zero-order valence-electron chi connectivity index (χ0n) is 15.5. The third-order valence-electron chi connectivity index (χ3n) is 4.85. The molecule has 2 aromatic rings. The molecule has 0 bridgehead atoms. The van der Waals surface area contributed by atoms with Crippen molar-refractivity contribution < 1.29 is 19.1 Å². The minimum Gasteiger partial charge on any atom is -0.465 e. The van der Waals surface area contributed by atoms with Crippen molar-refractivity contribution in [1.82, 2.24) is 0 Å². The maximum atomic E-state index is 12.8. The van der Waals surface area contributed by atoms with Crippen LogP contribution in [0.4, 0.5) is 10.7 Å². The van der Waals surface area contributed by atoms with Crippen LogP contribution in [0.3, 0.4) is 0 Å². The first kappa shape index (κ1) is 19.1. The van der Waals surface area contributed by atoms with Crippen molar-refractivity contribution in [3.05, 3.63) is 45.8 Å². The highest BCUT2D eigenvalue weighted by molar-refractivity contribution is 7.19. The van der Waals surface area contributed by atoms with Crippen molar-refractivity contribution in [3.8, 4) is 0 Å². The van der Waals surface area contributed by atoms with Crippen molar-refractivity contribution in [1.29, 1.82) is 0 Å². The molecule has 1 saturated carbocycles. The van der Waals surface area contributed by atoms with Gasteiger partial charge >= 0.3 is 5.97 Å². The van der Waals surface area contributed by atoms with E-state index in [1.165, 1.54) is 7.11 Å². The summed E-state index contributed by atoms with van der Waals surface area (Å²) < 4.78 is 4.86. The minimum atomic E-state index is -0.567. The maximum absolute atomic E-state index is 12.8. The number of carbonyl (C=O) groups is 3. The highest BCUT2D eigenvalue weighted by atomic mass is 32.1. The van der Waals surface area contributed by atoms with Crippen LogP contribution in [-0.4, -0.2) is 24.9 Å². The summed E-state index contributed by atoms with van der Waals surface area (Å²) in [5.41, 5.74) is 2.38. The number of ether oxygens (including phenoxy) is 1. The first-order valence-electron chi connectivity index (χ1n) is 8.82. The van der Waals surface area contributed by atoms with Gasteiger partial charge in [-0.2, -0.15) is 0 Å². The normalized spacial score (nSPS) is 13.6. The molecule has 1 aromatic heterocycles. The Morgan fingerprint density at radius 3 is 2.41 bits per heavy atom. The molecule has 1 aliphatic rings. The van der Waals surface area contributed by atoms with Gasteiger partial charge in [0.05, 0.1) is 17.6 Å². The molecule has 142 valence electrons. The molecule has 0 unspecified atom stereocenters. The van der Waals surface area contributed by atoms with E-state index in [2.05, 4.69) is 10.6 Å². The summed E-state index contributed by atoms with van der Waals surface area (Å²) in [5, 5.41) is 6.05. The molecule has 0 atom stereocenters. The van der Waals surface area contributed by atoms with Gasteiger partial charge in [0.2, 0.25) is 5.91 Å². The van der Waals surface area contributed by atoms with Crippen LogP contribution in [-0.2, 0) is 9.53 Å². The number of hydrogen-bond donors (Lipinski definition) is 2. The molecule has 6 nitrogen and oxygen atoms in total. The molecule has 1 fully saturated rings. The van der Waals surface area contributed by atoms with Crippen LogP contribution in [0.5, 0.6) is 0 Å². The second kappa shape index (κ2) is 7.92. The molecule has 27 heavy (non-hydrogen) atoms. The van der Waals surface area contributed by atoms with Crippen molar-refractivity contribution in [2.24, 2.45) is 5.92 Å². The quantitative estimate of drug-likeness (QED) is 0.756. The van der Waals surface area contributed by atoms with E-state index in [0.29, 0.717) is 21.1 Å². The standard InChI is InChI=1S/C20H22N2O4S/c1-11-7-4-5-10-14(11)21-18(24)16-12(2)15(20(25)26-3)19(27-16)22-17(23)13-8-6-9-13/h4-5,7,10,13H,6,8-9H2,1-3H3,(H,21,24)(H,22,23). The number of nitrogens with one attached hydrogen (secondary N) is 2. The Morgan fingerprint density at radius 1 is 1.11 bits per heavy atom. The molecular formula is C20H22N2O4S. The van der Waals surface area contributed by atoms with Crippen LogP contribution in [0.15, 0.2) is 24.3 Å². The van der Waals surface area contributed by atoms with Crippen molar-refractivity contribution in [2.45, 2.75) is 33.1 Å². The van der Waals surface area contributed by atoms with Gasteiger partial charge in [0, 0.05) is 11.6 Å². The van der Waals surface area contributed by atoms with Gasteiger partial charge in [-0.3, -0.25) is 9.59 Å². The van der Waals surface area contributed by atoms with Gasteiger partial charge in [-0.05, 0) is 43.9 Å². The van der Waals surface area contributed by atoms with E-state index in [1.54, 1.807) is 6.92 Å². The van der Waals surface area contributed by atoms with E-state index in [9.17, 15) is 14.4 Å². The fourth-order valence-electron chi connectivity index (χ4n) is 2.94. The molecule has 0 spiro atoms. The van der Waals surface area contributed by atoms with Crippen molar-refractivity contribution >= 4 is 39.8 Å². The van der Waals surface area contributed by atoms with Crippen LogP contribution >= 0.6 is 11.3 Å². The summed E-state index contributed by atoms with van der Waals surface area (Å²) in [6.07, 6.45) is 2.74. The number of carbonyl (C=O) groups excluding carboxylic acids is 3. The summed E-state index contributed by atoms with van der Waals surface area (Å²) in [7, 11) is 1.28. The molecule has 7 heteroatoms. The van der Waals surface area contributed by atoms with Crippen LogP contribution in [0, 0.1) is 19.8 Å². The first-order chi connectivity index (χ1) is 12.9. The Morgan fingerprint density at radius 2 is 1.81 bits per heavy atom. The summed E-state index contributed by atoms with van der Waals surface area (Å²) in [6, 6.07) is 7.45. The number of aryl methyl sites for hydroxylation is 1. The highest BCUT2D eigenvalue weighted by Gasteiger charge is 2.30. The number of hydrogen-bond acceptors (Lipinski definition) is 5. The number of anilines is 2. The molecule has 1 aromatic carbocycles. The average molecular weight is 386 g/mol. The van der Waals surface area contributed by atoms with Crippen molar-refractivity contribution in [3.63, 3.8) is 0 Å². The van der Waals surface area contributed by atoms with E-state index >= 15 is 0 Å². The van der Waals surface area contributed by atoms with Gasteiger partial charge in [-0.15, -0.1) is 11.3 Å². The zero-order valence-corrected chi connectivity index (χ0v) is 16.4. The SMILES string of the molecule is COC(=O)c1c(NC(=O)C2CCC2)sc(C(=O)Nc2ccccc2C)c1C. The number of para-hydroxylation sites is 1. The molecule has 0 aliphatic heterocycles. The lowest BCUT2D eigenvalue weighted by Gasteiger charge is -2.23. The third-order valence-corrected chi connectivity index (χ3v) is 6.05. The van der Waals surface area contributed by atoms with Crippen LogP contribution in [0.25, 0.3) is 0 Å². The fourth-order valence-corrected chi connectivity index (χ4v) is 4.04. The minimum absolute atomic E-state index is 0.0258. The van der Waals surface area contributed by atoms with Crippen LogP contribution in [0.1, 0.15) is 50.4 Å². The summed E-state index contributed by atoms with van der Waals surface area (Å²) in [6.45, 7) is 3.59. The molecule has 0 radical (unpaired) electrons. The van der Waals surface area contributed by atoms with Gasteiger partial charge in [0.25, 0.3) is 5.91 Å². The third kappa shape index (κ3) is 3.88. The molecule has 1 aliphatic carbocycles. The Labute approximate surface area is 161 Å². The van der Waals surface area contributed by atoms with E-state index in [0.717, 1.165) is 36.2 Å². The van der Waals surface area contributed by atoms with Crippen LogP contribution in [0.2, 0.25) is 0 Å². The van der Waals surface area contributed by atoms with E-state index in [-0.39, 0.29) is 23.3 Å². The number of methoxy groups -OCH3 is 1. The van der Waals surface area contributed by atoms with Gasteiger partial charge in [0.15, 0.2) is 0 Å². The number of rotatable bonds is 5. The van der Waals surface area contributed by atoms with Gasteiger partial charge in [0.1, 0.15) is 5.00 Å². The maximum Gasteiger partial charge on any atom is 0.341 e. The number of thiophene rings is 1. The predicted octanol–water partition coefficient (Wildman–Crippen LogP) is 4.14. The van der Waals surface area contributed by atoms with E-state index in [4.69, 9.17) is 4.74 Å². The molecule has 0 saturated heterocycles. The lowest BCUT2D eigenvalue weighted by molar-refractivity contribution is -0.122. The summed E-state index contributed by atoms with van der Waals surface area (Å²) >= 11 is 1.10. The van der Waals surface area contributed by atoms with E-state index < -0.39 is 5.97 Å². The summed E-state index contributed by atoms with van der Waals surface area (Å²) in [4.78, 5) is 37.7. The molecule has 3 rings (SSSR count). The highest BCUT2D eigenvalue weighted by Crippen LogP contribution is 2.36. The lowest BCUT2D eigenvalue weighted by Crippen LogP contribution is -2.28. The second-order valence-electron chi connectivity index (χ2n) is 6.64. The Balaban J connectivity index is 1.90. The second-order valence-corrected chi connectivity index (χ2v) is 7.66. The Bertz CT molecular complexity index is 899. The molecular weight excluding hydrogens is 364 g/mol. The number of amides is 2. The zero-order chi connectivity index (χ0) is 19.6. The van der Waals surface area contributed by atoms with Crippen molar-refractivity contribution in [2.75, 3.05) is 17.7 Å². The molecule has 1 heterocycles. The predicted molar refractivity (Wildman–Crippen MR) is 105 cm³/mol. The Kier molecular flexibility index (Phi) is 5.60. The lowest BCUT2D eigenvalue weighted by atomic mass is 9.85. The van der Waals surface area contributed by atoms with Gasteiger partial charge in [-0.25, -0.2) is 4.79 Å². The monoisotopic (exact) mass is 386 g/mol. The smallest absolute Gasteiger partial charge is 0.341 e. The van der Waals surface area contributed by atoms with Gasteiger partial charge < -0.3 is 15.4 Å². The molecule has 2 amide bonds. The van der Waals surface area contributed by atoms with E-state index in [1.807, 2.05) is 31.2 Å². The summed E-state index contributed by atoms with van der Waals surface area (Å²) in [5.74, 6) is -1.02. The van der Waals surface area contributed by atoms with Crippen LogP contribution < -0.4 is 10.6 Å². The first-order valence-corrected chi connectivity index (χ1v) is 9.63. The average Bonchev–Trinajstić information content (AvgIpc) is 2.91.